The second kappa shape index (κ2) is 2.09. The van der Waals surface area contributed by atoms with E-state index in [1.54, 1.807) is 34.7 Å². The molecule has 0 aromatic heterocycles. The van der Waals surface area contributed by atoms with Gasteiger partial charge in [-0.05, 0) is 27.7 Å². The predicted octanol–water partition coefficient (Wildman–Crippen LogP) is 0.832. The number of carbonyl (C=O) groups is 2. The summed E-state index contributed by atoms with van der Waals surface area (Å²) in [4.78, 5) is 24.8. The van der Waals surface area contributed by atoms with Crippen LogP contribution in [0.3, 0.4) is 0 Å². The summed E-state index contributed by atoms with van der Waals surface area (Å²) >= 11 is 0. The number of rotatable bonds is 0. The molecule has 0 N–H and O–H groups in total. The van der Waals surface area contributed by atoms with Crippen molar-refractivity contribution < 1.29 is 9.59 Å². The van der Waals surface area contributed by atoms with E-state index in [0.717, 1.165) is 0 Å². The summed E-state index contributed by atoms with van der Waals surface area (Å²) in [5.41, 5.74) is -1.47. The van der Waals surface area contributed by atoms with Crippen LogP contribution in [-0.2, 0) is 9.59 Å². The van der Waals surface area contributed by atoms with E-state index in [-0.39, 0.29) is 11.7 Å². The van der Waals surface area contributed by atoms with E-state index in [9.17, 15) is 9.59 Å². The topological polar surface area (TPSA) is 37.4 Å². The Labute approximate surface area is 72.7 Å². The van der Waals surface area contributed by atoms with Gasteiger partial charge in [-0.3, -0.25) is 9.59 Å². The van der Waals surface area contributed by atoms with Gasteiger partial charge in [0.25, 0.3) is 0 Å². The molecular formula is C9H15NO2. The summed E-state index contributed by atoms with van der Waals surface area (Å²) in [7, 11) is 1.68. The minimum Gasteiger partial charge on any atom is -0.333 e. The van der Waals surface area contributed by atoms with E-state index in [1.165, 1.54) is 4.90 Å². The minimum absolute atomic E-state index is 0.00231. The van der Waals surface area contributed by atoms with Crippen LogP contribution in [0.2, 0.25) is 0 Å². The van der Waals surface area contributed by atoms with Crippen LogP contribution in [0.15, 0.2) is 0 Å². The van der Waals surface area contributed by atoms with Gasteiger partial charge in [0.1, 0.15) is 5.41 Å². The molecule has 68 valence electrons. The number of nitrogens with zero attached hydrogens (tertiary/aromatic N) is 1. The van der Waals surface area contributed by atoms with Gasteiger partial charge in [0.05, 0.1) is 5.54 Å². The summed E-state index contributed by atoms with van der Waals surface area (Å²) in [6, 6.07) is 0. The van der Waals surface area contributed by atoms with Gasteiger partial charge in [0, 0.05) is 7.05 Å². The molecule has 0 aliphatic carbocycles. The smallest absolute Gasteiger partial charge is 0.236 e. The maximum absolute atomic E-state index is 11.7. The van der Waals surface area contributed by atoms with Gasteiger partial charge >= 0.3 is 0 Å². The van der Waals surface area contributed by atoms with Crippen molar-refractivity contribution in [3.63, 3.8) is 0 Å². The van der Waals surface area contributed by atoms with Crippen LogP contribution in [0.25, 0.3) is 0 Å². The first kappa shape index (κ1) is 9.23. The maximum atomic E-state index is 11.7. The van der Waals surface area contributed by atoms with Gasteiger partial charge in [-0.15, -0.1) is 0 Å². The van der Waals surface area contributed by atoms with Gasteiger partial charge in [0.2, 0.25) is 5.91 Å². The quantitative estimate of drug-likeness (QED) is 0.504. The minimum atomic E-state index is -0.835. The Hall–Kier alpha value is -0.860. The van der Waals surface area contributed by atoms with Crippen LogP contribution in [0.4, 0.5) is 0 Å². The zero-order chi connectivity index (χ0) is 9.73. The first-order chi connectivity index (χ1) is 5.22. The molecule has 1 amide bonds. The van der Waals surface area contributed by atoms with E-state index >= 15 is 0 Å². The van der Waals surface area contributed by atoms with E-state index < -0.39 is 11.0 Å². The maximum Gasteiger partial charge on any atom is 0.236 e. The number of hydrogen-bond donors (Lipinski definition) is 0. The third-order valence-corrected chi connectivity index (χ3v) is 2.80. The third-order valence-electron chi connectivity index (χ3n) is 2.80. The van der Waals surface area contributed by atoms with E-state index in [4.69, 9.17) is 0 Å². The largest absolute Gasteiger partial charge is 0.333 e. The Morgan fingerprint density at radius 1 is 1.08 bits per heavy atom. The Morgan fingerprint density at radius 3 is 1.58 bits per heavy atom. The highest BCUT2D eigenvalue weighted by Crippen LogP contribution is 2.37. The lowest BCUT2D eigenvalue weighted by Gasteiger charge is -2.25. The fourth-order valence-electron chi connectivity index (χ4n) is 1.69. The Bertz CT molecular complexity index is 253. The average Bonchev–Trinajstić information content (AvgIpc) is 2.06. The van der Waals surface area contributed by atoms with Gasteiger partial charge in [-0.1, -0.05) is 0 Å². The van der Waals surface area contributed by atoms with Crippen LogP contribution in [0.5, 0.6) is 0 Å². The van der Waals surface area contributed by atoms with Crippen molar-refractivity contribution >= 4 is 11.7 Å². The number of Topliss-reactive ketones (excluding diaryl/α,β-unsaturated/α-hetero) is 1. The number of hydrogen-bond acceptors (Lipinski definition) is 2. The molecule has 0 atom stereocenters. The van der Waals surface area contributed by atoms with Crippen molar-refractivity contribution in [2.75, 3.05) is 7.05 Å². The van der Waals surface area contributed by atoms with Crippen molar-refractivity contribution in [3.8, 4) is 0 Å². The lowest BCUT2D eigenvalue weighted by molar-refractivity contribution is -0.136. The number of amides is 1. The fourth-order valence-corrected chi connectivity index (χ4v) is 1.69. The van der Waals surface area contributed by atoms with Gasteiger partial charge in [-0.2, -0.15) is 0 Å². The van der Waals surface area contributed by atoms with Crippen LogP contribution >= 0.6 is 0 Å². The number of likely N-dealkylation sites (tertiary alicyclic amines) is 1. The molecule has 3 nitrogen and oxygen atoms in total. The average molecular weight is 169 g/mol. The molecule has 0 aromatic rings. The molecule has 1 aliphatic rings. The SMILES string of the molecule is CN1C(=O)C(C)(C)C(=O)C1(C)C. The summed E-state index contributed by atoms with van der Waals surface area (Å²) in [6.45, 7) is 6.93. The fraction of sp³-hybridized carbons (Fsp3) is 0.778. The Kier molecular flexibility index (Phi) is 1.61. The van der Waals surface area contributed by atoms with Gasteiger partial charge < -0.3 is 4.90 Å². The molecule has 1 aliphatic heterocycles. The van der Waals surface area contributed by atoms with E-state index in [0.29, 0.717) is 0 Å². The summed E-state index contributed by atoms with van der Waals surface area (Å²) in [5, 5.41) is 0. The Morgan fingerprint density at radius 2 is 1.50 bits per heavy atom. The first-order valence-corrected chi connectivity index (χ1v) is 4.05. The molecule has 1 rings (SSSR count). The number of ketones is 1. The lowest BCUT2D eigenvalue weighted by atomic mass is 9.84. The predicted molar refractivity (Wildman–Crippen MR) is 45.6 cm³/mol. The summed E-state index contributed by atoms with van der Waals surface area (Å²) < 4.78 is 0. The lowest BCUT2D eigenvalue weighted by Crippen LogP contribution is -2.41. The molecule has 0 saturated carbocycles. The summed E-state index contributed by atoms with van der Waals surface area (Å²) in [6.07, 6.45) is 0. The second-order valence-corrected chi connectivity index (χ2v) is 4.38. The number of likely N-dealkylation sites (N-methyl/N-ethyl adjacent to an activating group) is 1. The molecule has 1 saturated heterocycles. The zero-order valence-electron chi connectivity index (χ0n) is 8.26. The van der Waals surface area contributed by atoms with Crippen molar-refractivity contribution in [1.29, 1.82) is 0 Å². The second-order valence-electron chi connectivity index (χ2n) is 4.38. The molecule has 0 spiro atoms. The van der Waals surface area contributed by atoms with Gasteiger partial charge in [-0.25, -0.2) is 0 Å². The van der Waals surface area contributed by atoms with Crippen LogP contribution in [0, 0.1) is 5.41 Å². The molecule has 3 heteroatoms. The van der Waals surface area contributed by atoms with Crippen LogP contribution < -0.4 is 0 Å². The zero-order valence-corrected chi connectivity index (χ0v) is 8.26. The standard InChI is InChI=1S/C9H15NO2/c1-8(2)6(11)9(3,4)10(5)7(8)12/h1-5H3. The van der Waals surface area contributed by atoms with Crippen molar-refractivity contribution in [2.45, 2.75) is 33.2 Å². The van der Waals surface area contributed by atoms with Crippen molar-refractivity contribution in [1.82, 2.24) is 4.90 Å². The highest BCUT2D eigenvalue weighted by molar-refractivity contribution is 6.15. The van der Waals surface area contributed by atoms with Crippen molar-refractivity contribution in [2.24, 2.45) is 5.41 Å². The summed E-state index contributed by atoms with van der Waals surface area (Å²) in [5.74, 6) is -0.0833. The highest BCUT2D eigenvalue weighted by Gasteiger charge is 2.56. The molecule has 0 radical (unpaired) electrons. The van der Waals surface area contributed by atoms with E-state index in [1.807, 2.05) is 0 Å². The normalized spacial score (nSPS) is 26.6. The van der Waals surface area contributed by atoms with E-state index in [2.05, 4.69) is 0 Å². The van der Waals surface area contributed by atoms with Crippen LogP contribution in [-0.4, -0.2) is 29.2 Å². The molecular weight excluding hydrogens is 154 g/mol. The third kappa shape index (κ3) is 0.822. The molecule has 12 heavy (non-hydrogen) atoms. The number of carbonyl (C=O) groups excluding carboxylic acids is 2. The van der Waals surface area contributed by atoms with Crippen LogP contribution in [0.1, 0.15) is 27.7 Å². The highest BCUT2D eigenvalue weighted by atomic mass is 16.2. The molecule has 0 aromatic carbocycles. The monoisotopic (exact) mass is 169 g/mol. The molecule has 1 fully saturated rings. The van der Waals surface area contributed by atoms with Gasteiger partial charge in [0.15, 0.2) is 5.78 Å². The molecule has 1 heterocycles. The molecule has 0 unspecified atom stereocenters. The first-order valence-electron chi connectivity index (χ1n) is 4.05. The molecule has 0 bridgehead atoms. The van der Waals surface area contributed by atoms with Crippen molar-refractivity contribution in [3.05, 3.63) is 0 Å². The Balaban J connectivity index is 3.21.